The maximum Gasteiger partial charge on any atom is 0.159 e. The third-order valence-electron chi connectivity index (χ3n) is 6.15. The number of rotatable bonds is 5. The van der Waals surface area contributed by atoms with Gasteiger partial charge in [-0.25, -0.2) is 0 Å². The van der Waals surface area contributed by atoms with E-state index >= 15 is 0 Å². The quantitative estimate of drug-likeness (QED) is 0.389. The SMILES string of the molecule is O.O.O=P(c1ccccc1)(c1ccccc1)[C@@H]1CCCN1[C@@H]1O[C@H](CO)[C@@H](O)[C@H](O)[C@H]1O. The highest BCUT2D eigenvalue weighted by atomic mass is 31.2. The van der Waals surface area contributed by atoms with Crippen molar-refractivity contribution in [2.24, 2.45) is 0 Å². The van der Waals surface area contributed by atoms with Gasteiger partial charge in [-0.3, -0.25) is 4.90 Å². The Morgan fingerprint density at radius 2 is 1.41 bits per heavy atom. The van der Waals surface area contributed by atoms with Gasteiger partial charge in [0.2, 0.25) is 0 Å². The van der Waals surface area contributed by atoms with Gasteiger partial charge >= 0.3 is 0 Å². The number of likely N-dealkylation sites (tertiary alicyclic amines) is 1. The van der Waals surface area contributed by atoms with E-state index in [4.69, 9.17) is 4.74 Å². The van der Waals surface area contributed by atoms with Crippen LogP contribution in [-0.4, -0.2) is 85.9 Å². The van der Waals surface area contributed by atoms with Gasteiger partial charge in [0.1, 0.15) is 30.6 Å². The molecule has 2 saturated heterocycles. The van der Waals surface area contributed by atoms with Crippen LogP contribution in [0, 0.1) is 0 Å². The molecule has 9 nitrogen and oxygen atoms in total. The van der Waals surface area contributed by atoms with Crippen molar-refractivity contribution in [3.8, 4) is 0 Å². The first-order chi connectivity index (χ1) is 14.5. The predicted octanol–water partition coefficient (Wildman–Crippen LogP) is -1.43. The Balaban J connectivity index is 0.00000181. The number of aliphatic hydroxyl groups is 4. The van der Waals surface area contributed by atoms with Gasteiger partial charge in [-0.15, -0.1) is 0 Å². The molecular weight excluding hydrogens is 437 g/mol. The molecule has 2 aromatic rings. The van der Waals surface area contributed by atoms with Crippen molar-refractivity contribution < 1.29 is 40.7 Å². The van der Waals surface area contributed by atoms with E-state index in [0.717, 1.165) is 17.0 Å². The van der Waals surface area contributed by atoms with Crippen molar-refractivity contribution >= 4 is 17.8 Å². The Kier molecular flexibility index (Phi) is 9.13. The average Bonchev–Trinajstić information content (AvgIpc) is 3.28. The smallest absolute Gasteiger partial charge is 0.159 e. The van der Waals surface area contributed by atoms with E-state index < -0.39 is 50.2 Å². The highest BCUT2D eigenvalue weighted by Crippen LogP contribution is 2.54. The molecule has 10 heteroatoms. The van der Waals surface area contributed by atoms with E-state index in [1.54, 1.807) is 0 Å². The first kappa shape index (κ1) is 26.6. The third-order valence-corrected chi connectivity index (χ3v) is 9.68. The molecular formula is C22H32NO8P. The summed E-state index contributed by atoms with van der Waals surface area (Å²) in [5.74, 6) is -0.441. The van der Waals surface area contributed by atoms with Crippen LogP contribution in [0.1, 0.15) is 12.8 Å². The largest absolute Gasteiger partial charge is 0.412 e. The van der Waals surface area contributed by atoms with Crippen LogP contribution >= 0.6 is 7.14 Å². The van der Waals surface area contributed by atoms with E-state index in [9.17, 15) is 25.0 Å². The molecule has 2 aromatic carbocycles. The summed E-state index contributed by atoms with van der Waals surface area (Å²) in [6.45, 7) is 0.0337. The molecule has 0 spiro atoms. The summed E-state index contributed by atoms with van der Waals surface area (Å²) < 4.78 is 20.5. The molecule has 0 radical (unpaired) electrons. The third kappa shape index (κ3) is 4.54. The fraction of sp³-hybridized carbons (Fsp3) is 0.455. The van der Waals surface area contributed by atoms with Crippen molar-refractivity contribution in [1.29, 1.82) is 0 Å². The summed E-state index contributed by atoms with van der Waals surface area (Å²) in [4.78, 5) is 1.84. The highest BCUT2D eigenvalue weighted by Gasteiger charge is 2.52. The monoisotopic (exact) mass is 469 g/mol. The number of hydrogen-bond donors (Lipinski definition) is 4. The normalized spacial score (nSPS) is 30.9. The van der Waals surface area contributed by atoms with E-state index in [-0.39, 0.29) is 11.0 Å². The van der Waals surface area contributed by atoms with Crippen molar-refractivity contribution in [2.45, 2.75) is 49.3 Å². The summed E-state index contributed by atoms with van der Waals surface area (Å²) >= 11 is 0. The van der Waals surface area contributed by atoms with Gasteiger partial charge in [0.25, 0.3) is 0 Å². The molecule has 4 rings (SSSR count). The maximum atomic E-state index is 14.7. The fourth-order valence-corrected chi connectivity index (χ4v) is 8.03. The second-order valence-electron chi connectivity index (χ2n) is 7.91. The maximum absolute atomic E-state index is 14.7. The number of ether oxygens (including phenoxy) is 1. The zero-order chi connectivity index (χ0) is 21.3. The Morgan fingerprint density at radius 1 is 0.875 bits per heavy atom. The molecule has 2 aliphatic heterocycles. The van der Waals surface area contributed by atoms with Crippen LogP contribution in [0.4, 0.5) is 0 Å². The molecule has 0 saturated carbocycles. The molecule has 0 aromatic heterocycles. The average molecular weight is 469 g/mol. The molecule has 2 heterocycles. The van der Waals surface area contributed by atoms with Crippen LogP contribution in [-0.2, 0) is 9.30 Å². The van der Waals surface area contributed by atoms with Crippen molar-refractivity contribution in [3.63, 3.8) is 0 Å². The lowest BCUT2D eigenvalue weighted by molar-refractivity contribution is -0.264. The fourth-order valence-electron chi connectivity index (χ4n) is 4.61. The second kappa shape index (κ2) is 11.0. The Labute approximate surface area is 186 Å². The zero-order valence-electron chi connectivity index (χ0n) is 17.6. The summed E-state index contributed by atoms with van der Waals surface area (Å²) in [6, 6.07) is 18.6. The Bertz CT molecular complexity index is 841. The topological polar surface area (TPSA) is 173 Å². The summed E-state index contributed by atoms with van der Waals surface area (Å²) in [5, 5.41) is 42.1. The van der Waals surface area contributed by atoms with Gasteiger partial charge in [-0.1, -0.05) is 60.7 Å². The summed E-state index contributed by atoms with van der Waals surface area (Å²) in [5.41, 5.74) is 0. The number of hydrogen-bond acceptors (Lipinski definition) is 7. The van der Waals surface area contributed by atoms with Gasteiger partial charge in [0, 0.05) is 17.2 Å². The Morgan fingerprint density at radius 3 is 1.91 bits per heavy atom. The van der Waals surface area contributed by atoms with Crippen LogP contribution in [0.2, 0.25) is 0 Å². The molecule has 178 valence electrons. The first-order valence-corrected chi connectivity index (χ1v) is 12.0. The van der Waals surface area contributed by atoms with Crippen LogP contribution in [0.3, 0.4) is 0 Å². The molecule has 2 aliphatic rings. The van der Waals surface area contributed by atoms with Crippen LogP contribution < -0.4 is 10.6 Å². The predicted molar refractivity (Wildman–Crippen MR) is 120 cm³/mol. The van der Waals surface area contributed by atoms with Crippen molar-refractivity contribution in [3.05, 3.63) is 60.7 Å². The lowest BCUT2D eigenvalue weighted by Crippen LogP contribution is -2.64. The van der Waals surface area contributed by atoms with Gasteiger partial charge < -0.3 is 40.7 Å². The lowest BCUT2D eigenvalue weighted by atomic mass is 9.98. The van der Waals surface area contributed by atoms with E-state index in [0.29, 0.717) is 13.0 Å². The standard InChI is InChI=1S/C22H28NO6P.2H2O/c24-14-17-19(25)20(26)21(27)22(29-17)23-13-7-12-18(23)30(28,15-8-3-1-4-9-15)16-10-5-2-6-11-16;;/h1-6,8-11,17-22,24-27H,7,12-14H2;2*1H2/t17-,18-,19-,20+,21-,22-;;/m1../s1. The summed E-state index contributed by atoms with van der Waals surface area (Å²) in [7, 11) is -3.16. The molecule has 8 N–H and O–H groups in total. The lowest BCUT2D eigenvalue weighted by Gasteiger charge is -2.46. The number of benzene rings is 2. The Hall–Kier alpha value is -1.65. The van der Waals surface area contributed by atoms with Crippen LogP contribution in [0.5, 0.6) is 0 Å². The van der Waals surface area contributed by atoms with E-state index in [1.807, 2.05) is 65.6 Å². The van der Waals surface area contributed by atoms with Crippen LogP contribution in [0.25, 0.3) is 0 Å². The van der Waals surface area contributed by atoms with Crippen LogP contribution in [0.15, 0.2) is 60.7 Å². The number of aliphatic hydroxyl groups excluding tert-OH is 4. The van der Waals surface area contributed by atoms with Crippen molar-refractivity contribution in [1.82, 2.24) is 4.90 Å². The van der Waals surface area contributed by atoms with Crippen molar-refractivity contribution in [2.75, 3.05) is 13.2 Å². The van der Waals surface area contributed by atoms with E-state index in [1.165, 1.54) is 0 Å². The zero-order valence-corrected chi connectivity index (χ0v) is 18.5. The highest BCUT2D eigenvalue weighted by molar-refractivity contribution is 7.79. The molecule has 32 heavy (non-hydrogen) atoms. The molecule has 0 amide bonds. The minimum Gasteiger partial charge on any atom is -0.412 e. The first-order valence-electron chi connectivity index (χ1n) is 10.3. The van der Waals surface area contributed by atoms with Gasteiger partial charge in [0.05, 0.1) is 12.4 Å². The number of nitrogens with zero attached hydrogens (tertiary/aromatic N) is 1. The molecule has 0 aliphatic carbocycles. The minimum absolute atomic E-state index is 0. The molecule has 0 bridgehead atoms. The van der Waals surface area contributed by atoms with E-state index in [2.05, 4.69) is 0 Å². The van der Waals surface area contributed by atoms with Gasteiger partial charge in [-0.05, 0) is 12.8 Å². The molecule has 6 atom stereocenters. The minimum atomic E-state index is -3.16. The molecule has 2 fully saturated rings. The molecule has 0 unspecified atom stereocenters. The van der Waals surface area contributed by atoms with Gasteiger partial charge in [-0.2, -0.15) is 0 Å². The summed E-state index contributed by atoms with van der Waals surface area (Å²) in [6.07, 6.45) is -4.86. The van der Waals surface area contributed by atoms with Gasteiger partial charge in [0.15, 0.2) is 7.14 Å². The second-order valence-corrected chi connectivity index (χ2v) is 10.9.